The van der Waals surface area contributed by atoms with Crippen molar-refractivity contribution >= 4 is 88.5 Å². The second-order valence-electron chi connectivity index (χ2n) is 18.7. The number of ether oxygens (including phenoxy) is 1. The lowest BCUT2D eigenvalue weighted by Gasteiger charge is -2.27. The Bertz CT molecular complexity index is 2480. The molecule has 29 nitrogen and oxygen atoms in total. The van der Waals surface area contributed by atoms with Crippen molar-refractivity contribution in [1.82, 2.24) is 49.0 Å². The first kappa shape index (κ1) is 72.4. The summed E-state index contributed by atoms with van der Waals surface area (Å²) >= 11 is 0. The van der Waals surface area contributed by atoms with Crippen molar-refractivity contribution in [2.24, 2.45) is 11.5 Å². The summed E-state index contributed by atoms with van der Waals surface area (Å²) < 4.78 is 21.3. The molecular weight excluding hydrogens is 1070 g/mol. The van der Waals surface area contributed by atoms with Crippen molar-refractivity contribution in [2.45, 2.75) is 46.0 Å². The second kappa shape index (κ2) is 35.8. The summed E-state index contributed by atoms with van der Waals surface area (Å²) in [5.74, 6) is -11.2. The molecule has 0 atom stereocenters. The molecule has 0 unspecified atom stereocenters. The molecule has 0 saturated heterocycles. The first-order chi connectivity index (χ1) is 37.8. The number of hydrogen-bond acceptors (Lipinski definition) is 16. The molecule has 0 aliphatic carbocycles. The summed E-state index contributed by atoms with van der Waals surface area (Å²) in [6.45, 7) is -0.825. The second-order valence-corrected chi connectivity index (χ2v) is 18.7. The topological polar surface area (TPSA) is 356 Å². The molecule has 1 heterocycles. The van der Waals surface area contributed by atoms with Crippen LogP contribution in [0.25, 0.3) is 0 Å². The maximum Gasteiger partial charge on any atom is 0.323 e. The summed E-state index contributed by atoms with van der Waals surface area (Å²) in [6, 6.07) is 2.59. The van der Waals surface area contributed by atoms with Crippen LogP contribution >= 0.6 is 0 Å². The number of likely N-dealkylation sites (N-methyl/N-ethyl adjacent to an activating group) is 10. The summed E-state index contributed by atoms with van der Waals surface area (Å²) in [4.78, 5) is 186. The van der Waals surface area contributed by atoms with E-state index in [1.165, 1.54) is 96.1 Å². The number of carbonyl (C=O) groups is 14. The van der Waals surface area contributed by atoms with Gasteiger partial charge < -0.3 is 70.3 Å². The van der Waals surface area contributed by atoms with Crippen LogP contribution in [-0.4, -0.2) is 286 Å². The number of aliphatic carboxylic acids is 1. The number of amides is 13. The van der Waals surface area contributed by atoms with Crippen LogP contribution < -0.4 is 21.1 Å². The largest absolute Gasteiger partial charge is 0.490 e. The van der Waals surface area contributed by atoms with Gasteiger partial charge in [-0.2, -0.15) is 0 Å². The molecule has 81 heavy (non-hydrogen) atoms. The zero-order valence-corrected chi connectivity index (χ0v) is 48.6. The maximum absolute atomic E-state index is 15.7. The predicted octanol–water partition coefficient (Wildman–Crippen LogP) is -3.51. The van der Waals surface area contributed by atoms with Gasteiger partial charge in [-0.15, -0.1) is 0 Å². The first-order valence-corrected chi connectivity index (χ1v) is 25.3. The van der Waals surface area contributed by atoms with E-state index in [-0.39, 0.29) is 49.3 Å². The minimum atomic E-state index is -1.24. The Labute approximate surface area is 471 Å². The molecule has 1 aliphatic heterocycles. The van der Waals surface area contributed by atoms with Gasteiger partial charge in [-0.3, -0.25) is 67.1 Å². The highest BCUT2D eigenvalue weighted by Crippen LogP contribution is 2.34. The van der Waals surface area contributed by atoms with Crippen molar-refractivity contribution < 1.29 is 81.4 Å². The van der Waals surface area contributed by atoms with Crippen LogP contribution in [0.5, 0.6) is 5.75 Å². The molecule has 1 aromatic carbocycles. The van der Waals surface area contributed by atoms with Crippen LogP contribution in [0, 0.1) is 5.82 Å². The Morgan fingerprint density at radius 2 is 0.753 bits per heavy atom. The SMILES string of the molecule is CCC.CN.CN(CC(=O)O)C(=O)CN(C)C(=O)CN(C)C(=O)CN(C)C(=O)CN(C)C(=O)CN(C)C(=O)CN(C)C(=O)CN(C)C(=O)CN(C)C(=O)CN(C)C(=O)CCCOc1c(CCC(N)=O)ccc(N2C(=O)C=CC2=O)c1F. The third kappa shape index (κ3) is 25.0. The van der Waals surface area contributed by atoms with Gasteiger partial charge in [-0.25, -0.2) is 9.29 Å². The van der Waals surface area contributed by atoms with Crippen molar-refractivity contribution in [2.75, 3.05) is 154 Å². The third-order valence-electron chi connectivity index (χ3n) is 11.6. The van der Waals surface area contributed by atoms with Gasteiger partial charge in [0, 0.05) is 95.5 Å². The fourth-order valence-electron chi connectivity index (χ4n) is 6.59. The van der Waals surface area contributed by atoms with E-state index in [1.807, 2.05) is 0 Å². The molecule has 13 amide bonds. The van der Waals surface area contributed by atoms with Crippen LogP contribution in [0.15, 0.2) is 24.3 Å². The predicted molar refractivity (Wildman–Crippen MR) is 290 cm³/mol. The molecule has 0 bridgehead atoms. The highest BCUT2D eigenvalue weighted by molar-refractivity contribution is 6.28. The number of nitrogens with zero attached hydrogens (tertiary/aromatic N) is 11. The van der Waals surface area contributed by atoms with E-state index in [2.05, 4.69) is 19.6 Å². The van der Waals surface area contributed by atoms with E-state index in [4.69, 9.17) is 15.6 Å². The first-order valence-electron chi connectivity index (χ1n) is 25.3. The van der Waals surface area contributed by atoms with Gasteiger partial charge in [-0.05, 0) is 31.5 Å². The highest BCUT2D eigenvalue weighted by Gasteiger charge is 2.31. The summed E-state index contributed by atoms with van der Waals surface area (Å²) in [5.41, 5.74) is 9.61. The Kier molecular flexibility index (Phi) is 32.0. The summed E-state index contributed by atoms with van der Waals surface area (Å²) in [5, 5.41) is 8.85. The number of primary amides is 1. The quantitative estimate of drug-likeness (QED) is 0.0517. The Balaban J connectivity index is 0.0000124. The monoisotopic (exact) mass is 1150 g/mol. The van der Waals surface area contributed by atoms with Gasteiger partial charge in [0.2, 0.25) is 65.0 Å². The molecule has 2 rings (SSSR count). The fraction of sp³-hybridized carbons (Fsp3) is 0.569. The van der Waals surface area contributed by atoms with Crippen molar-refractivity contribution in [3.05, 3.63) is 35.7 Å². The number of anilines is 1. The lowest BCUT2D eigenvalue weighted by atomic mass is 10.1. The number of rotatable bonds is 29. The molecule has 1 aliphatic rings. The van der Waals surface area contributed by atoms with Crippen LogP contribution in [0.2, 0.25) is 0 Å². The lowest BCUT2D eigenvalue weighted by molar-refractivity contribution is -0.147. The van der Waals surface area contributed by atoms with E-state index >= 15 is 4.39 Å². The van der Waals surface area contributed by atoms with Gasteiger partial charge in [0.05, 0.1) is 71.2 Å². The molecule has 1 aromatic rings. The Morgan fingerprint density at radius 3 is 1.02 bits per heavy atom. The van der Waals surface area contributed by atoms with Gasteiger partial charge in [0.15, 0.2) is 11.6 Å². The summed E-state index contributed by atoms with van der Waals surface area (Å²) in [7, 11) is 14.5. The number of halogens is 1. The van der Waals surface area contributed by atoms with E-state index in [1.54, 1.807) is 0 Å². The molecule has 5 N–H and O–H groups in total. The molecule has 30 heteroatoms. The minimum Gasteiger partial charge on any atom is -0.490 e. The zero-order chi connectivity index (χ0) is 62.6. The molecule has 0 radical (unpaired) electrons. The van der Waals surface area contributed by atoms with Crippen LogP contribution in [0.1, 0.15) is 45.1 Å². The van der Waals surface area contributed by atoms with Gasteiger partial charge >= 0.3 is 5.97 Å². The average Bonchev–Trinajstić information content (AvgIpc) is 3.73. The number of aryl methyl sites for hydroxylation is 1. The molecular formula is C51H80FN13O16. The number of carboxylic acids is 1. The average molecular weight is 1150 g/mol. The molecule has 0 saturated carbocycles. The molecule has 0 spiro atoms. The van der Waals surface area contributed by atoms with Crippen molar-refractivity contribution in [1.29, 1.82) is 0 Å². The van der Waals surface area contributed by atoms with E-state index in [0.29, 0.717) is 4.90 Å². The zero-order valence-electron chi connectivity index (χ0n) is 48.6. The van der Waals surface area contributed by atoms with Crippen LogP contribution in [0.4, 0.5) is 10.1 Å². The Morgan fingerprint density at radius 1 is 0.481 bits per heavy atom. The summed E-state index contributed by atoms with van der Waals surface area (Å²) in [6.07, 6.45) is 2.92. The number of carbonyl (C=O) groups excluding carboxylic acids is 13. The standard InChI is InChI=1S/C47H67FN12O16.C3H8.CH5N/c1-50(33(62)12-11-19-76-47-30(14-16-32(49)61)13-15-31(46(47)48)60-34(63)17-18-35(60)64)20-36(65)51(2)21-37(66)52(3)22-38(67)53(4)23-39(68)54(5)24-40(69)55(6)25-41(70)56(7)26-42(71)57(8)27-43(72)58(9)28-44(73)59(10)29-45(74)75;1-3-2;1-2/h13,15,17-18H,11-12,14,16,19-29H2,1-10H3,(H2,49,61)(H,74,75);3H2,1-2H3;2H2,1H3. The normalized spacial score (nSPS) is 11.1. The van der Waals surface area contributed by atoms with Gasteiger partial charge in [0.25, 0.3) is 11.8 Å². The van der Waals surface area contributed by atoms with E-state index in [0.717, 1.165) is 61.2 Å². The third-order valence-corrected chi connectivity index (χ3v) is 11.6. The van der Waals surface area contributed by atoms with Crippen LogP contribution in [-0.2, 0) is 73.5 Å². The van der Waals surface area contributed by atoms with Crippen LogP contribution in [0.3, 0.4) is 0 Å². The smallest absolute Gasteiger partial charge is 0.323 e. The number of benzene rings is 1. The minimum absolute atomic E-state index is 0.0144. The number of carboxylic acid groups (broad SMARTS) is 1. The fourth-order valence-corrected chi connectivity index (χ4v) is 6.59. The molecule has 0 fully saturated rings. The van der Waals surface area contributed by atoms with Crippen molar-refractivity contribution in [3.8, 4) is 5.75 Å². The number of imide groups is 1. The number of hydrogen-bond donors (Lipinski definition) is 3. The Hall–Kier alpha value is -8.57. The van der Waals surface area contributed by atoms with Crippen molar-refractivity contribution in [3.63, 3.8) is 0 Å². The number of nitrogens with two attached hydrogens (primary N) is 2. The lowest BCUT2D eigenvalue weighted by Crippen LogP contribution is -2.49. The van der Waals surface area contributed by atoms with E-state index in [9.17, 15) is 67.1 Å². The molecule has 452 valence electrons. The maximum atomic E-state index is 15.7. The van der Waals surface area contributed by atoms with Gasteiger partial charge in [0.1, 0.15) is 6.54 Å². The van der Waals surface area contributed by atoms with Gasteiger partial charge in [-0.1, -0.05) is 26.3 Å². The molecule has 0 aromatic heterocycles. The highest BCUT2D eigenvalue weighted by atomic mass is 19.1. The van der Waals surface area contributed by atoms with E-state index < -0.39 is 154 Å².